The Kier molecular flexibility index (Phi) is 6.84. The van der Waals surface area contributed by atoms with Gasteiger partial charge in [-0.15, -0.1) is 0 Å². The van der Waals surface area contributed by atoms with Gasteiger partial charge in [-0.3, -0.25) is 4.79 Å². The Balaban J connectivity index is 1.65. The van der Waals surface area contributed by atoms with E-state index in [0.29, 0.717) is 17.1 Å². The number of nitriles is 1. The zero-order valence-electron chi connectivity index (χ0n) is 17.2. The highest BCUT2D eigenvalue weighted by molar-refractivity contribution is 6.07. The van der Waals surface area contributed by atoms with Crippen molar-refractivity contribution in [3.63, 3.8) is 0 Å². The van der Waals surface area contributed by atoms with Crippen LogP contribution in [0.15, 0.2) is 42.6 Å². The molecule has 1 aliphatic rings. The molecule has 0 atom stereocenters. The van der Waals surface area contributed by atoms with Crippen molar-refractivity contribution >= 4 is 17.4 Å². The Morgan fingerprint density at radius 3 is 2.59 bits per heavy atom. The molecule has 1 saturated carbocycles. The van der Waals surface area contributed by atoms with E-state index in [1.807, 2.05) is 38.4 Å². The van der Waals surface area contributed by atoms with E-state index >= 15 is 0 Å². The van der Waals surface area contributed by atoms with E-state index in [9.17, 15) is 10.1 Å². The van der Waals surface area contributed by atoms with Crippen LogP contribution in [0.2, 0.25) is 0 Å². The first-order valence-corrected chi connectivity index (χ1v) is 10.2. The number of carbonyl (C=O) groups excluding carboxylic acids is 1. The van der Waals surface area contributed by atoms with Crippen LogP contribution >= 0.6 is 0 Å². The minimum Gasteiger partial charge on any atom is -0.369 e. The average Bonchev–Trinajstić information content (AvgIpc) is 3.22. The normalized spacial score (nSPS) is 15.1. The maximum Gasteiger partial charge on any atom is 0.259 e. The maximum absolute atomic E-state index is 12.8. The second-order valence-electron chi connectivity index (χ2n) is 7.92. The largest absolute Gasteiger partial charge is 0.369 e. The summed E-state index contributed by atoms with van der Waals surface area (Å²) in [7, 11) is 4.08. The molecule has 0 spiro atoms. The first kappa shape index (κ1) is 20.8. The zero-order valence-corrected chi connectivity index (χ0v) is 17.2. The van der Waals surface area contributed by atoms with Crippen LogP contribution in [0.1, 0.15) is 48.0 Å². The smallest absolute Gasteiger partial charge is 0.259 e. The molecule has 2 N–H and O–H groups in total. The summed E-state index contributed by atoms with van der Waals surface area (Å²) < 4.78 is 0. The molecule has 1 heterocycles. The predicted octanol–water partition coefficient (Wildman–Crippen LogP) is 4.03. The number of hydrogen-bond donors (Lipinski definition) is 2. The van der Waals surface area contributed by atoms with Gasteiger partial charge in [-0.25, -0.2) is 4.98 Å². The van der Waals surface area contributed by atoms with Crippen LogP contribution in [0.4, 0.5) is 11.5 Å². The number of anilines is 2. The van der Waals surface area contributed by atoms with Crippen molar-refractivity contribution in [2.45, 2.75) is 37.5 Å². The van der Waals surface area contributed by atoms with E-state index in [1.54, 1.807) is 18.3 Å². The summed E-state index contributed by atoms with van der Waals surface area (Å²) in [6, 6.07) is 13.7. The van der Waals surface area contributed by atoms with Gasteiger partial charge < -0.3 is 15.5 Å². The molecule has 29 heavy (non-hydrogen) atoms. The molecule has 0 aliphatic heterocycles. The van der Waals surface area contributed by atoms with Crippen LogP contribution < -0.4 is 10.6 Å². The third-order valence-corrected chi connectivity index (χ3v) is 5.49. The van der Waals surface area contributed by atoms with Gasteiger partial charge in [-0.2, -0.15) is 5.26 Å². The van der Waals surface area contributed by atoms with Crippen LogP contribution in [-0.2, 0) is 5.41 Å². The van der Waals surface area contributed by atoms with Gasteiger partial charge in [0.15, 0.2) is 0 Å². The van der Waals surface area contributed by atoms with Gasteiger partial charge in [0.2, 0.25) is 0 Å². The molecule has 3 rings (SSSR count). The second kappa shape index (κ2) is 9.53. The fourth-order valence-corrected chi connectivity index (χ4v) is 3.85. The third kappa shape index (κ3) is 5.12. The molecule has 152 valence electrons. The zero-order chi connectivity index (χ0) is 20.7. The standard InChI is InChI=1S/C23H29N5O/c1-28(2)16-6-15-26-21-20(7-5-14-25-21)22(29)27-19-10-8-18(9-11-19)23(17-24)12-3-4-13-23/h5,7-11,14H,3-4,6,12-13,15-16H2,1-2H3,(H,25,26)(H,27,29). The lowest BCUT2D eigenvalue weighted by Crippen LogP contribution is -2.20. The molecule has 0 saturated heterocycles. The maximum atomic E-state index is 12.8. The number of aromatic nitrogens is 1. The summed E-state index contributed by atoms with van der Waals surface area (Å²) in [4.78, 5) is 19.2. The highest BCUT2D eigenvalue weighted by Gasteiger charge is 2.35. The first-order valence-electron chi connectivity index (χ1n) is 10.2. The average molecular weight is 392 g/mol. The number of hydrogen-bond acceptors (Lipinski definition) is 5. The Bertz CT molecular complexity index is 864. The van der Waals surface area contributed by atoms with Crippen LogP contribution in [0.5, 0.6) is 0 Å². The van der Waals surface area contributed by atoms with Crippen molar-refractivity contribution in [3.05, 3.63) is 53.7 Å². The molecule has 6 nitrogen and oxygen atoms in total. The first-order chi connectivity index (χ1) is 14.0. The lowest BCUT2D eigenvalue weighted by Gasteiger charge is -2.21. The van der Waals surface area contributed by atoms with Crippen molar-refractivity contribution in [2.75, 3.05) is 37.8 Å². The number of rotatable bonds is 8. The lowest BCUT2D eigenvalue weighted by molar-refractivity contribution is 0.102. The summed E-state index contributed by atoms with van der Waals surface area (Å²) in [5.74, 6) is 0.395. The fraction of sp³-hybridized carbons (Fsp3) is 0.435. The highest BCUT2D eigenvalue weighted by atomic mass is 16.1. The molecule has 0 unspecified atom stereocenters. The number of pyridine rings is 1. The molecule has 1 amide bonds. The van der Waals surface area contributed by atoms with Crippen molar-refractivity contribution in [3.8, 4) is 6.07 Å². The Labute approximate surface area is 172 Å². The summed E-state index contributed by atoms with van der Waals surface area (Å²) >= 11 is 0. The fourth-order valence-electron chi connectivity index (χ4n) is 3.85. The van der Waals surface area contributed by atoms with E-state index in [0.717, 1.165) is 50.8 Å². The summed E-state index contributed by atoms with van der Waals surface area (Å²) in [5, 5.41) is 15.9. The molecular formula is C23H29N5O. The van der Waals surface area contributed by atoms with Gasteiger partial charge in [0.1, 0.15) is 5.82 Å². The molecule has 1 aliphatic carbocycles. The van der Waals surface area contributed by atoms with Gasteiger partial charge in [-0.05, 0) is 69.7 Å². The van der Waals surface area contributed by atoms with E-state index in [1.165, 1.54) is 0 Å². The molecule has 0 radical (unpaired) electrons. The Morgan fingerprint density at radius 2 is 1.93 bits per heavy atom. The van der Waals surface area contributed by atoms with Crippen molar-refractivity contribution in [1.82, 2.24) is 9.88 Å². The second-order valence-corrected chi connectivity index (χ2v) is 7.92. The Morgan fingerprint density at radius 1 is 1.21 bits per heavy atom. The molecule has 1 aromatic carbocycles. The van der Waals surface area contributed by atoms with Crippen molar-refractivity contribution in [2.24, 2.45) is 0 Å². The minimum atomic E-state index is -0.366. The van der Waals surface area contributed by atoms with E-state index < -0.39 is 0 Å². The predicted molar refractivity (Wildman–Crippen MR) is 116 cm³/mol. The summed E-state index contributed by atoms with van der Waals surface area (Å²) in [5.41, 5.74) is 1.91. The SMILES string of the molecule is CN(C)CCCNc1ncccc1C(=O)Nc1ccc(C2(C#N)CCCC2)cc1. The topological polar surface area (TPSA) is 81.1 Å². The monoisotopic (exact) mass is 391 g/mol. The van der Waals surface area contributed by atoms with Crippen molar-refractivity contribution < 1.29 is 4.79 Å². The van der Waals surface area contributed by atoms with E-state index in [2.05, 4.69) is 26.6 Å². The van der Waals surface area contributed by atoms with Crippen LogP contribution in [0.25, 0.3) is 0 Å². The number of nitrogens with one attached hydrogen (secondary N) is 2. The van der Waals surface area contributed by atoms with Crippen LogP contribution in [0, 0.1) is 11.3 Å². The lowest BCUT2D eigenvalue weighted by atomic mass is 9.80. The van der Waals surface area contributed by atoms with Gasteiger partial charge in [-0.1, -0.05) is 25.0 Å². The van der Waals surface area contributed by atoms with Gasteiger partial charge in [0, 0.05) is 18.4 Å². The molecule has 2 aromatic rings. The van der Waals surface area contributed by atoms with E-state index in [4.69, 9.17) is 0 Å². The van der Waals surface area contributed by atoms with Gasteiger partial charge in [0.05, 0.1) is 17.0 Å². The van der Waals surface area contributed by atoms with Crippen LogP contribution in [-0.4, -0.2) is 43.0 Å². The Hall–Kier alpha value is -2.91. The number of benzene rings is 1. The summed E-state index contributed by atoms with van der Waals surface area (Å²) in [6.45, 7) is 1.72. The highest BCUT2D eigenvalue weighted by Crippen LogP contribution is 2.40. The molecular weight excluding hydrogens is 362 g/mol. The van der Waals surface area contributed by atoms with Crippen molar-refractivity contribution in [1.29, 1.82) is 5.26 Å². The summed E-state index contributed by atoms with van der Waals surface area (Å²) in [6.07, 6.45) is 6.66. The molecule has 0 bridgehead atoms. The molecule has 1 aromatic heterocycles. The number of amides is 1. The van der Waals surface area contributed by atoms with E-state index in [-0.39, 0.29) is 11.3 Å². The number of nitrogens with zero attached hydrogens (tertiary/aromatic N) is 3. The molecule has 6 heteroatoms. The third-order valence-electron chi connectivity index (χ3n) is 5.49. The molecule has 1 fully saturated rings. The van der Waals surface area contributed by atoms with Gasteiger partial charge in [0.25, 0.3) is 5.91 Å². The minimum absolute atomic E-state index is 0.197. The quantitative estimate of drug-likeness (QED) is 0.664. The van der Waals surface area contributed by atoms with Crippen LogP contribution in [0.3, 0.4) is 0 Å². The number of carbonyl (C=O) groups is 1. The van der Waals surface area contributed by atoms with Gasteiger partial charge >= 0.3 is 0 Å².